The summed E-state index contributed by atoms with van der Waals surface area (Å²) in [5, 5.41) is 9.06. The third-order valence-electron chi connectivity index (χ3n) is 2.13. The minimum absolute atomic E-state index is 0.315. The largest absolute Gasteiger partial charge is 0.505 e. The van der Waals surface area contributed by atoms with Gasteiger partial charge in [-0.2, -0.15) is 0 Å². The highest BCUT2D eigenvalue weighted by molar-refractivity contribution is 14.1. The van der Waals surface area contributed by atoms with Gasteiger partial charge in [-0.1, -0.05) is 18.2 Å². The topological polar surface area (TPSA) is 20.2 Å². The molecule has 0 bridgehead atoms. The van der Waals surface area contributed by atoms with Crippen LogP contribution in [0.4, 0.5) is 4.39 Å². The fourth-order valence-corrected chi connectivity index (χ4v) is 1.69. The molecule has 2 aromatic carbocycles. The second kappa shape index (κ2) is 4.18. The van der Waals surface area contributed by atoms with Gasteiger partial charge in [-0.3, -0.25) is 0 Å². The molecule has 0 fully saturated rings. The van der Waals surface area contributed by atoms with Gasteiger partial charge in [-0.05, 0) is 58.0 Å². The third-order valence-corrected chi connectivity index (χ3v) is 2.84. The van der Waals surface area contributed by atoms with Gasteiger partial charge in [0.2, 0.25) is 0 Å². The van der Waals surface area contributed by atoms with E-state index in [0.717, 1.165) is 14.7 Å². The summed E-state index contributed by atoms with van der Waals surface area (Å²) in [6, 6.07) is 12.2. The fourth-order valence-electron chi connectivity index (χ4n) is 1.33. The molecule has 0 aromatic heterocycles. The second-order valence-electron chi connectivity index (χ2n) is 3.17. The fraction of sp³-hybridized carbons (Fsp3) is 0. The predicted molar refractivity (Wildman–Crippen MR) is 66.2 cm³/mol. The maximum Gasteiger partial charge on any atom is 0.165 e. The summed E-state index contributed by atoms with van der Waals surface area (Å²) >= 11 is 2.21. The molecule has 0 spiro atoms. The number of hydrogen-bond acceptors (Lipinski definition) is 1. The molecule has 2 aromatic rings. The molecule has 0 radical (unpaired) electrons. The van der Waals surface area contributed by atoms with Crippen molar-refractivity contribution in [2.24, 2.45) is 0 Å². The molecule has 0 aliphatic carbocycles. The van der Waals surface area contributed by atoms with Crippen molar-refractivity contribution in [1.29, 1.82) is 0 Å². The summed E-state index contributed by atoms with van der Waals surface area (Å²) in [4.78, 5) is 0. The first-order chi connectivity index (χ1) is 7.16. The zero-order valence-electron chi connectivity index (χ0n) is 7.74. The standard InChI is InChI=1S/C12H8FIO/c13-11-7-9(3-6-12(11)15)8-1-4-10(14)5-2-8/h1-7,15H. The van der Waals surface area contributed by atoms with Gasteiger partial charge in [0.25, 0.3) is 0 Å². The van der Waals surface area contributed by atoms with E-state index < -0.39 is 5.82 Å². The normalized spacial score (nSPS) is 10.3. The van der Waals surface area contributed by atoms with E-state index in [-0.39, 0.29) is 5.75 Å². The Balaban J connectivity index is 2.45. The molecule has 0 aliphatic rings. The van der Waals surface area contributed by atoms with E-state index in [9.17, 15) is 4.39 Å². The minimum atomic E-state index is -0.592. The Morgan fingerprint density at radius 3 is 2.13 bits per heavy atom. The summed E-state index contributed by atoms with van der Waals surface area (Å²) in [5.41, 5.74) is 1.70. The molecule has 0 unspecified atom stereocenters. The lowest BCUT2D eigenvalue weighted by molar-refractivity contribution is 0.432. The van der Waals surface area contributed by atoms with Crippen LogP contribution in [-0.2, 0) is 0 Å². The van der Waals surface area contributed by atoms with E-state index in [1.165, 1.54) is 12.1 Å². The van der Waals surface area contributed by atoms with Crippen molar-refractivity contribution in [1.82, 2.24) is 0 Å². The Morgan fingerprint density at radius 2 is 1.53 bits per heavy atom. The van der Waals surface area contributed by atoms with Crippen molar-refractivity contribution < 1.29 is 9.50 Å². The van der Waals surface area contributed by atoms with E-state index in [2.05, 4.69) is 22.6 Å². The van der Waals surface area contributed by atoms with Crippen LogP contribution in [0.1, 0.15) is 0 Å². The molecular formula is C12H8FIO. The minimum Gasteiger partial charge on any atom is -0.505 e. The van der Waals surface area contributed by atoms with E-state index >= 15 is 0 Å². The van der Waals surface area contributed by atoms with Gasteiger partial charge in [0.05, 0.1) is 0 Å². The van der Waals surface area contributed by atoms with Gasteiger partial charge in [-0.15, -0.1) is 0 Å². The number of hydrogen-bond donors (Lipinski definition) is 1. The highest BCUT2D eigenvalue weighted by atomic mass is 127. The molecule has 0 amide bonds. The first-order valence-electron chi connectivity index (χ1n) is 4.41. The maximum atomic E-state index is 13.1. The Kier molecular flexibility index (Phi) is 2.90. The van der Waals surface area contributed by atoms with Crippen molar-refractivity contribution in [3.63, 3.8) is 0 Å². The van der Waals surface area contributed by atoms with Crippen molar-refractivity contribution in [2.75, 3.05) is 0 Å². The van der Waals surface area contributed by atoms with Gasteiger partial charge in [0.1, 0.15) is 0 Å². The molecule has 0 saturated heterocycles. The van der Waals surface area contributed by atoms with Crippen LogP contribution < -0.4 is 0 Å². The SMILES string of the molecule is Oc1ccc(-c2ccc(I)cc2)cc1F. The highest BCUT2D eigenvalue weighted by Gasteiger charge is 2.03. The van der Waals surface area contributed by atoms with Crippen LogP contribution in [0.2, 0.25) is 0 Å². The van der Waals surface area contributed by atoms with Crippen LogP contribution in [0.15, 0.2) is 42.5 Å². The molecule has 3 heteroatoms. The van der Waals surface area contributed by atoms with Crippen molar-refractivity contribution in [3.05, 3.63) is 51.9 Å². The molecule has 15 heavy (non-hydrogen) atoms. The second-order valence-corrected chi connectivity index (χ2v) is 4.42. The highest BCUT2D eigenvalue weighted by Crippen LogP contribution is 2.25. The Bertz CT molecular complexity index is 479. The Labute approximate surface area is 101 Å². The van der Waals surface area contributed by atoms with Gasteiger partial charge in [0.15, 0.2) is 11.6 Å². The molecule has 0 aliphatic heterocycles. The van der Waals surface area contributed by atoms with Crippen LogP contribution in [-0.4, -0.2) is 5.11 Å². The number of aromatic hydroxyl groups is 1. The van der Waals surface area contributed by atoms with Crippen molar-refractivity contribution in [3.8, 4) is 16.9 Å². The van der Waals surface area contributed by atoms with Crippen molar-refractivity contribution in [2.45, 2.75) is 0 Å². The molecular weight excluding hydrogens is 306 g/mol. The van der Waals surface area contributed by atoms with E-state index in [0.29, 0.717) is 0 Å². The molecule has 0 heterocycles. The Hall–Kier alpha value is -1.10. The lowest BCUT2D eigenvalue weighted by atomic mass is 10.1. The molecule has 0 saturated carbocycles. The van der Waals surface area contributed by atoms with Gasteiger partial charge in [-0.25, -0.2) is 4.39 Å². The number of benzene rings is 2. The van der Waals surface area contributed by atoms with Gasteiger partial charge < -0.3 is 5.11 Å². The van der Waals surface area contributed by atoms with Crippen LogP contribution in [0.3, 0.4) is 0 Å². The first-order valence-corrected chi connectivity index (χ1v) is 5.49. The zero-order chi connectivity index (χ0) is 10.8. The predicted octanol–water partition coefficient (Wildman–Crippen LogP) is 3.80. The van der Waals surface area contributed by atoms with Crippen molar-refractivity contribution >= 4 is 22.6 Å². The average Bonchev–Trinajstić information content (AvgIpc) is 2.23. The van der Waals surface area contributed by atoms with Crippen LogP contribution in [0, 0.1) is 9.39 Å². The maximum absolute atomic E-state index is 13.1. The summed E-state index contributed by atoms with van der Waals surface area (Å²) in [6.07, 6.45) is 0. The summed E-state index contributed by atoms with van der Waals surface area (Å²) < 4.78 is 14.2. The molecule has 76 valence electrons. The van der Waals surface area contributed by atoms with Crippen LogP contribution in [0.25, 0.3) is 11.1 Å². The van der Waals surface area contributed by atoms with E-state index in [4.69, 9.17) is 5.11 Å². The average molecular weight is 314 g/mol. The first kappa shape index (κ1) is 10.4. The van der Waals surface area contributed by atoms with Gasteiger partial charge in [0, 0.05) is 3.57 Å². The van der Waals surface area contributed by atoms with Gasteiger partial charge >= 0.3 is 0 Å². The van der Waals surface area contributed by atoms with Crippen LogP contribution >= 0.6 is 22.6 Å². The lowest BCUT2D eigenvalue weighted by Gasteiger charge is -2.02. The number of phenols is 1. The smallest absolute Gasteiger partial charge is 0.165 e. The molecule has 1 N–H and O–H groups in total. The van der Waals surface area contributed by atoms with E-state index in [1.54, 1.807) is 6.07 Å². The molecule has 2 rings (SSSR count). The third kappa shape index (κ3) is 2.28. The number of rotatable bonds is 1. The molecule has 0 atom stereocenters. The molecule has 1 nitrogen and oxygen atoms in total. The number of phenolic OH excluding ortho intramolecular Hbond substituents is 1. The summed E-state index contributed by atoms with van der Waals surface area (Å²) in [5.74, 6) is -0.907. The Morgan fingerprint density at radius 1 is 0.933 bits per heavy atom. The summed E-state index contributed by atoms with van der Waals surface area (Å²) in [7, 11) is 0. The van der Waals surface area contributed by atoms with Crippen LogP contribution in [0.5, 0.6) is 5.75 Å². The quantitative estimate of drug-likeness (QED) is 0.794. The van der Waals surface area contributed by atoms with E-state index in [1.807, 2.05) is 24.3 Å². The monoisotopic (exact) mass is 314 g/mol. The lowest BCUT2D eigenvalue weighted by Crippen LogP contribution is -1.81. The summed E-state index contributed by atoms with van der Waals surface area (Å²) in [6.45, 7) is 0. The zero-order valence-corrected chi connectivity index (χ0v) is 9.90. The number of halogens is 2.